The lowest BCUT2D eigenvalue weighted by molar-refractivity contribution is -0.127. The third-order valence-corrected chi connectivity index (χ3v) is 3.50. The molecule has 1 heterocycles. The first-order valence-corrected chi connectivity index (χ1v) is 8.23. The quantitative estimate of drug-likeness (QED) is 0.617. The van der Waals surface area contributed by atoms with E-state index in [1.807, 2.05) is 38.1 Å². The summed E-state index contributed by atoms with van der Waals surface area (Å²) in [6, 6.07) is 8.00. The second-order valence-electron chi connectivity index (χ2n) is 5.85. The van der Waals surface area contributed by atoms with E-state index in [1.165, 1.54) is 10.5 Å². The van der Waals surface area contributed by atoms with Gasteiger partial charge in [-0.3, -0.25) is 4.79 Å². The Morgan fingerprint density at radius 3 is 2.60 bits per heavy atom. The number of rotatable bonds is 6. The number of amides is 1. The summed E-state index contributed by atoms with van der Waals surface area (Å²) in [7, 11) is 3.44. The molecule has 7 heteroatoms. The third-order valence-electron chi connectivity index (χ3n) is 3.50. The van der Waals surface area contributed by atoms with Gasteiger partial charge in [0.15, 0.2) is 5.96 Å². The van der Waals surface area contributed by atoms with Crippen molar-refractivity contribution in [2.75, 3.05) is 27.2 Å². The van der Waals surface area contributed by atoms with Gasteiger partial charge >= 0.3 is 0 Å². The molecule has 2 rings (SSSR count). The highest BCUT2D eigenvalue weighted by atomic mass is 16.3. The maximum Gasteiger partial charge on any atom is 0.241 e. The Kier molecular flexibility index (Phi) is 6.56. The molecule has 0 radical (unpaired) electrons. The molecule has 0 aliphatic rings. The number of oxazole rings is 1. The Balaban J connectivity index is 2.00. The van der Waals surface area contributed by atoms with Crippen LogP contribution in [0.25, 0.3) is 11.5 Å². The Hall–Kier alpha value is -2.83. The lowest BCUT2D eigenvalue weighted by Gasteiger charge is -2.13. The van der Waals surface area contributed by atoms with Gasteiger partial charge in [0.2, 0.25) is 11.8 Å². The summed E-state index contributed by atoms with van der Waals surface area (Å²) in [5.41, 5.74) is 2.85. The summed E-state index contributed by atoms with van der Waals surface area (Å²) in [6.07, 6.45) is 1.60. The number of guanidine groups is 1. The molecule has 0 atom stereocenters. The lowest BCUT2D eigenvalue weighted by atomic mass is 10.1. The predicted octanol–water partition coefficient (Wildman–Crippen LogP) is 1.79. The number of hydrogen-bond acceptors (Lipinski definition) is 4. The van der Waals surface area contributed by atoms with Crippen molar-refractivity contribution in [3.8, 4) is 11.5 Å². The first-order chi connectivity index (χ1) is 12.0. The van der Waals surface area contributed by atoms with E-state index >= 15 is 0 Å². The number of aliphatic imine (C=N–C) groups is 1. The van der Waals surface area contributed by atoms with Gasteiger partial charge in [0, 0.05) is 26.2 Å². The van der Waals surface area contributed by atoms with Gasteiger partial charge in [0.25, 0.3) is 0 Å². The van der Waals surface area contributed by atoms with Gasteiger partial charge in [-0.05, 0) is 26.0 Å². The fraction of sp³-hybridized carbons (Fsp3) is 0.389. The van der Waals surface area contributed by atoms with E-state index < -0.39 is 0 Å². The highest BCUT2D eigenvalue weighted by Crippen LogP contribution is 2.19. The summed E-state index contributed by atoms with van der Waals surface area (Å²) in [5, 5.41) is 6.11. The van der Waals surface area contributed by atoms with Gasteiger partial charge in [-0.25, -0.2) is 9.98 Å². The fourth-order valence-electron chi connectivity index (χ4n) is 2.03. The molecule has 25 heavy (non-hydrogen) atoms. The number of likely N-dealkylation sites (N-methyl/N-ethyl adjacent to an activating group) is 1. The van der Waals surface area contributed by atoms with Crippen molar-refractivity contribution in [2.24, 2.45) is 4.99 Å². The fourth-order valence-corrected chi connectivity index (χ4v) is 2.03. The van der Waals surface area contributed by atoms with E-state index in [-0.39, 0.29) is 12.5 Å². The molecule has 1 aromatic carbocycles. The Bertz CT molecular complexity index is 719. The monoisotopic (exact) mass is 343 g/mol. The van der Waals surface area contributed by atoms with Crippen LogP contribution in [0.5, 0.6) is 0 Å². The van der Waals surface area contributed by atoms with E-state index in [9.17, 15) is 4.79 Å². The number of carbonyl (C=O) groups is 1. The van der Waals surface area contributed by atoms with Gasteiger partial charge in [-0.2, -0.15) is 0 Å². The van der Waals surface area contributed by atoms with Crippen molar-refractivity contribution < 1.29 is 9.21 Å². The normalized spacial score (nSPS) is 11.3. The Morgan fingerprint density at radius 2 is 1.96 bits per heavy atom. The molecule has 0 saturated heterocycles. The zero-order chi connectivity index (χ0) is 18.2. The summed E-state index contributed by atoms with van der Waals surface area (Å²) >= 11 is 0. The molecule has 2 aromatic rings. The molecule has 0 aliphatic carbocycles. The highest BCUT2D eigenvalue weighted by molar-refractivity contribution is 5.86. The zero-order valence-corrected chi connectivity index (χ0v) is 15.2. The van der Waals surface area contributed by atoms with Gasteiger partial charge in [-0.15, -0.1) is 0 Å². The molecule has 0 bridgehead atoms. The standard InChI is InChI=1S/C18H25N5O2/c1-5-19-18(21-11-16(24)23(3)4)20-10-15-12-25-17(22-15)14-8-6-13(2)7-9-14/h6-9,12H,5,10-11H2,1-4H3,(H2,19,20,21). The largest absolute Gasteiger partial charge is 0.444 e. The van der Waals surface area contributed by atoms with Crippen LogP contribution in [-0.4, -0.2) is 48.9 Å². The first kappa shape index (κ1) is 18.5. The maximum absolute atomic E-state index is 11.7. The predicted molar refractivity (Wildman–Crippen MR) is 98.2 cm³/mol. The van der Waals surface area contributed by atoms with Crippen LogP contribution in [0.1, 0.15) is 18.2 Å². The number of nitrogens with one attached hydrogen (secondary N) is 2. The van der Waals surface area contributed by atoms with E-state index in [0.717, 1.165) is 11.3 Å². The summed E-state index contributed by atoms with van der Waals surface area (Å²) in [6.45, 7) is 5.26. The molecule has 0 unspecified atom stereocenters. The molecule has 2 N–H and O–H groups in total. The molecular formula is C18H25N5O2. The highest BCUT2D eigenvalue weighted by Gasteiger charge is 2.08. The molecule has 134 valence electrons. The number of aryl methyl sites for hydroxylation is 1. The average molecular weight is 343 g/mol. The van der Waals surface area contributed by atoms with Crippen molar-refractivity contribution in [1.82, 2.24) is 20.5 Å². The SMILES string of the molecule is CCNC(=NCc1coc(-c2ccc(C)cc2)n1)NCC(=O)N(C)C. The molecule has 0 aliphatic heterocycles. The van der Waals surface area contributed by atoms with E-state index in [1.54, 1.807) is 20.4 Å². The van der Waals surface area contributed by atoms with Crippen LogP contribution in [0.15, 0.2) is 39.9 Å². The minimum absolute atomic E-state index is 0.0197. The second-order valence-corrected chi connectivity index (χ2v) is 5.85. The van der Waals surface area contributed by atoms with Crippen LogP contribution in [0.3, 0.4) is 0 Å². The first-order valence-electron chi connectivity index (χ1n) is 8.23. The molecule has 7 nitrogen and oxygen atoms in total. The zero-order valence-electron chi connectivity index (χ0n) is 15.2. The van der Waals surface area contributed by atoms with Crippen LogP contribution in [-0.2, 0) is 11.3 Å². The molecular weight excluding hydrogens is 318 g/mol. The summed E-state index contributed by atoms with van der Waals surface area (Å²) in [5.74, 6) is 1.12. The van der Waals surface area contributed by atoms with Crippen LogP contribution >= 0.6 is 0 Å². The van der Waals surface area contributed by atoms with Gasteiger partial charge in [0.1, 0.15) is 12.0 Å². The van der Waals surface area contributed by atoms with Gasteiger partial charge in [0.05, 0.1) is 13.1 Å². The number of carbonyl (C=O) groups excluding carboxylic acids is 1. The number of aromatic nitrogens is 1. The molecule has 0 saturated carbocycles. The van der Waals surface area contributed by atoms with Crippen molar-refractivity contribution >= 4 is 11.9 Å². The van der Waals surface area contributed by atoms with E-state index in [0.29, 0.717) is 24.9 Å². The summed E-state index contributed by atoms with van der Waals surface area (Å²) in [4.78, 5) is 22.1. The molecule has 0 fully saturated rings. The summed E-state index contributed by atoms with van der Waals surface area (Å²) < 4.78 is 5.53. The molecule has 1 aromatic heterocycles. The Morgan fingerprint density at radius 1 is 1.24 bits per heavy atom. The minimum Gasteiger partial charge on any atom is -0.444 e. The topological polar surface area (TPSA) is 82.8 Å². The van der Waals surface area contributed by atoms with Crippen LogP contribution < -0.4 is 10.6 Å². The average Bonchev–Trinajstić information content (AvgIpc) is 3.06. The van der Waals surface area contributed by atoms with Crippen LogP contribution in [0, 0.1) is 6.92 Å². The third kappa shape index (κ3) is 5.63. The van der Waals surface area contributed by atoms with Crippen molar-refractivity contribution in [3.05, 3.63) is 41.8 Å². The number of nitrogens with zero attached hydrogens (tertiary/aromatic N) is 3. The van der Waals surface area contributed by atoms with E-state index in [4.69, 9.17) is 4.42 Å². The molecule has 1 amide bonds. The smallest absolute Gasteiger partial charge is 0.241 e. The maximum atomic E-state index is 11.7. The molecule has 0 spiro atoms. The Labute approximate surface area is 148 Å². The van der Waals surface area contributed by atoms with Crippen molar-refractivity contribution in [2.45, 2.75) is 20.4 Å². The van der Waals surface area contributed by atoms with Crippen molar-refractivity contribution in [3.63, 3.8) is 0 Å². The lowest BCUT2D eigenvalue weighted by Crippen LogP contribution is -2.42. The number of hydrogen-bond donors (Lipinski definition) is 2. The van der Waals surface area contributed by atoms with Crippen LogP contribution in [0.4, 0.5) is 0 Å². The van der Waals surface area contributed by atoms with Crippen LogP contribution in [0.2, 0.25) is 0 Å². The number of benzene rings is 1. The van der Waals surface area contributed by atoms with Gasteiger partial charge in [-0.1, -0.05) is 17.7 Å². The second kappa shape index (κ2) is 8.86. The van der Waals surface area contributed by atoms with E-state index in [2.05, 4.69) is 20.6 Å². The minimum atomic E-state index is -0.0197. The van der Waals surface area contributed by atoms with Gasteiger partial charge < -0.3 is 20.0 Å². The van der Waals surface area contributed by atoms with Crippen molar-refractivity contribution in [1.29, 1.82) is 0 Å².